The average Bonchev–Trinajstić information content (AvgIpc) is 2.66. The molecule has 0 saturated carbocycles. The van der Waals surface area contributed by atoms with Crippen LogP contribution in [0.1, 0.15) is 37.9 Å². The SMILES string of the molecule is Cn1cnnc1CN1C2CCCC1CC(N)C2. The number of piperidine rings is 2. The molecule has 94 valence electrons. The van der Waals surface area contributed by atoms with E-state index in [4.69, 9.17) is 5.73 Å². The van der Waals surface area contributed by atoms with E-state index in [2.05, 4.69) is 15.1 Å². The lowest BCUT2D eigenvalue weighted by Gasteiger charge is -2.47. The van der Waals surface area contributed by atoms with Gasteiger partial charge in [0.2, 0.25) is 0 Å². The van der Waals surface area contributed by atoms with Gasteiger partial charge in [0.05, 0.1) is 6.54 Å². The minimum atomic E-state index is 0.404. The molecule has 0 aliphatic carbocycles. The van der Waals surface area contributed by atoms with Crippen molar-refractivity contribution in [2.24, 2.45) is 12.8 Å². The number of fused-ring (bicyclic) bond motifs is 2. The van der Waals surface area contributed by atoms with Crippen LogP contribution in [0, 0.1) is 0 Å². The van der Waals surface area contributed by atoms with Crippen molar-refractivity contribution in [2.75, 3.05) is 0 Å². The van der Waals surface area contributed by atoms with Gasteiger partial charge in [0, 0.05) is 25.2 Å². The lowest BCUT2D eigenvalue weighted by Crippen LogP contribution is -2.54. The first-order valence-electron chi connectivity index (χ1n) is 6.58. The van der Waals surface area contributed by atoms with Crippen molar-refractivity contribution < 1.29 is 0 Å². The van der Waals surface area contributed by atoms with Crippen molar-refractivity contribution in [2.45, 2.75) is 56.8 Å². The highest BCUT2D eigenvalue weighted by Gasteiger charge is 2.37. The van der Waals surface area contributed by atoms with E-state index in [1.807, 2.05) is 11.6 Å². The number of aromatic nitrogens is 3. The molecule has 1 aromatic rings. The third-order valence-electron chi connectivity index (χ3n) is 4.29. The van der Waals surface area contributed by atoms with Crippen molar-refractivity contribution in [3.63, 3.8) is 0 Å². The summed E-state index contributed by atoms with van der Waals surface area (Å²) in [7, 11) is 2.01. The summed E-state index contributed by atoms with van der Waals surface area (Å²) in [6.07, 6.45) is 8.02. The van der Waals surface area contributed by atoms with Crippen LogP contribution in [0.5, 0.6) is 0 Å². The molecule has 5 heteroatoms. The Labute approximate surface area is 102 Å². The van der Waals surface area contributed by atoms with Crippen molar-refractivity contribution in [3.05, 3.63) is 12.2 Å². The first kappa shape index (κ1) is 11.2. The molecule has 5 nitrogen and oxygen atoms in total. The first-order chi connectivity index (χ1) is 8.24. The molecule has 0 radical (unpaired) electrons. The van der Waals surface area contributed by atoms with E-state index in [0.717, 1.165) is 25.2 Å². The summed E-state index contributed by atoms with van der Waals surface area (Å²) in [4.78, 5) is 2.61. The van der Waals surface area contributed by atoms with Gasteiger partial charge in [-0.05, 0) is 25.7 Å². The summed E-state index contributed by atoms with van der Waals surface area (Å²) in [5, 5.41) is 8.15. The monoisotopic (exact) mass is 235 g/mol. The summed E-state index contributed by atoms with van der Waals surface area (Å²) in [6.45, 7) is 0.929. The largest absolute Gasteiger partial charge is 0.328 e. The molecule has 17 heavy (non-hydrogen) atoms. The fourth-order valence-corrected chi connectivity index (χ4v) is 3.39. The van der Waals surface area contributed by atoms with E-state index >= 15 is 0 Å². The molecule has 2 aliphatic rings. The van der Waals surface area contributed by atoms with E-state index in [1.165, 1.54) is 19.3 Å². The molecule has 2 N–H and O–H groups in total. The summed E-state index contributed by atoms with van der Waals surface area (Å²) in [6, 6.07) is 1.73. The van der Waals surface area contributed by atoms with E-state index < -0.39 is 0 Å². The zero-order valence-electron chi connectivity index (χ0n) is 10.4. The molecule has 2 atom stereocenters. The third-order valence-corrected chi connectivity index (χ3v) is 4.29. The van der Waals surface area contributed by atoms with Gasteiger partial charge in [-0.1, -0.05) is 6.42 Å². The predicted octanol–water partition coefficient (Wildman–Crippen LogP) is 0.659. The first-order valence-corrected chi connectivity index (χ1v) is 6.58. The summed E-state index contributed by atoms with van der Waals surface area (Å²) < 4.78 is 2.02. The normalized spacial score (nSPS) is 33.9. The van der Waals surface area contributed by atoms with Crippen LogP contribution in [0.2, 0.25) is 0 Å². The minimum absolute atomic E-state index is 0.404. The Morgan fingerprint density at radius 1 is 1.35 bits per heavy atom. The van der Waals surface area contributed by atoms with Gasteiger partial charge in [-0.2, -0.15) is 0 Å². The second-order valence-electron chi connectivity index (χ2n) is 5.50. The highest BCUT2D eigenvalue weighted by atomic mass is 15.3. The van der Waals surface area contributed by atoms with Crippen molar-refractivity contribution in [1.29, 1.82) is 0 Å². The quantitative estimate of drug-likeness (QED) is 0.818. The number of rotatable bonds is 2. The summed E-state index contributed by atoms with van der Waals surface area (Å²) >= 11 is 0. The van der Waals surface area contributed by atoms with Gasteiger partial charge in [-0.25, -0.2) is 0 Å². The highest BCUT2D eigenvalue weighted by Crippen LogP contribution is 2.34. The fourth-order valence-electron chi connectivity index (χ4n) is 3.39. The topological polar surface area (TPSA) is 60.0 Å². The van der Waals surface area contributed by atoms with Crippen LogP contribution in [-0.4, -0.2) is 37.8 Å². The standard InChI is InChI=1S/C12H21N5/c1-16-8-14-15-12(16)7-17-10-3-2-4-11(17)6-9(13)5-10/h8-11H,2-7,13H2,1H3. The number of hydrogen-bond acceptors (Lipinski definition) is 4. The van der Waals surface area contributed by atoms with Gasteiger partial charge in [-0.15, -0.1) is 10.2 Å². The Hall–Kier alpha value is -0.940. The number of hydrogen-bond donors (Lipinski definition) is 1. The lowest BCUT2D eigenvalue weighted by molar-refractivity contribution is 0.0217. The second kappa shape index (κ2) is 4.38. The fraction of sp³-hybridized carbons (Fsp3) is 0.833. The van der Waals surface area contributed by atoms with Crippen LogP contribution in [0.25, 0.3) is 0 Å². The number of aryl methyl sites for hydroxylation is 1. The molecular formula is C12H21N5. The maximum Gasteiger partial charge on any atom is 0.146 e. The maximum atomic E-state index is 6.13. The molecule has 3 heterocycles. The molecule has 1 aromatic heterocycles. The highest BCUT2D eigenvalue weighted by molar-refractivity contribution is 4.97. The summed E-state index contributed by atoms with van der Waals surface area (Å²) in [5.41, 5.74) is 6.13. The van der Waals surface area contributed by atoms with Gasteiger partial charge >= 0.3 is 0 Å². The van der Waals surface area contributed by atoms with E-state index in [9.17, 15) is 0 Å². The van der Waals surface area contributed by atoms with Crippen LogP contribution in [0.3, 0.4) is 0 Å². The van der Waals surface area contributed by atoms with Gasteiger partial charge in [0.25, 0.3) is 0 Å². The number of nitrogens with two attached hydrogens (primary N) is 1. The van der Waals surface area contributed by atoms with Crippen LogP contribution >= 0.6 is 0 Å². The van der Waals surface area contributed by atoms with Crippen LogP contribution < -0.4 is 5.73 Å². The Balaban J connectivity index is 1.76. The molecule has 2 unspecified atom stereocenters. The Kier molecular flexibility index (Phi) is 2.88. The van der Waals surface area contributed by atoms with Crippen LogP contribution in [0.15, 0.2) is 6.33 Å². The molecule has 0 aromatic carbocycles. The van der Waals surface area contributed by atoms with Gasteiger partial charge in [-0.3, -0.25) is 4.90 Å². The smallest absolute Gasteiger partial charge is 0.146 e. The Bertz CT molecular complexity index is 374. The van der Waals surface area contributed by atoms with Gasteiger partial charge in [0.15, 0.2) is 0 Å². The zero-order valence-corrected chi connectivity index (χ0v) is 10.4. The molecule has 0 amide bonds. The van der Waals surface area contributed by atoms with Gasteiger partial charge < -0.3 is 10.3 Å². The molecule has 2 aliphatic heterocycles. The second-order valence-corrected chi connectivity index (χ2v) is 5.50. The minimum Gasteiger partial charge on any atom is -0.328 e. The predicted molar refractivity (Wildman–Crippen MR) is 65.2 cm³/mol. The van der Waals surface area contributed by atoms with Crippen molar-refractivity contribution in [3.8, 4) is 0 Å². The zero-order chi connectivity index (χ0) is 11.8. The van der Waals surface area contributed by atoms with E-state index in [-0.39, 0.29) is 0 Å². The Morgan fingerprint density at radius 2 is 2.06 bits per heavy atom. The molecule has 3 rings (SSSR count). The molecule has 0 spiro atoms. The number of nitrogens with zero attached hydrogens (tertiary/aromatic N) is 4. The van der Waals surface area contributed by atoms with Crippen molar-refractivity contribution >= 4 is 0 Å². The third kappa shape index (κ3) is 2.09. The molecular weight excluding hydrogens is 214 g/mol. The molecule has 2 saturated heterocycles. The van der Waals surface area contributed by atoms with Crippen LogP contribution in [0.4, 0.5) is 0 Å². The average molecular weight is 235 g/mol. The Morgan fingerprint density at radius 3 is 2.65 bits per heavy atom. The molecule has 2 fully saturated rings. The van der Waals surface area contributed by atoms with Crippen LogP contribution in [-0.2, 0) is 13.6 Å². The van der Waals surface area contributed by atoms with E-state index in [0.29, 0.717) is 18.1 Å². The molecule has 2 bridgehead atoms. The lowest BCUT2D eigenvalue weighted by atomic mass is 9.82. The van der Waals surface area contributed by atoms with E-state index in [1.54, 1.807) is 6.33 Å². The summed E-state index contributed by atoms with van der Waals surface area (Å²) in [5.74, 6) is 1.07. The van der Waals surface area contributed by atoms with Gasteiger partial charge in [0.1, 0.15) is 12.2 Å². The maximum absolute atomic E-state index is 6.13. The van der Waals surface area contributed by atoms with Crippen molar-refractivity contribution in [1.82, 2.24) is 19.7 Å².